The Morgan fingerprint density at radius 1 is 1.33 bits per heavy atom. The molecule has 1 aromatic carbocycles. The minimum atomic E-state index is -0.241. The van der Waals surface area contributed by atoms with E-state index in [0.717, 1.165) is 36.2 Å². The molecule has 0 bridgehead atoms. The van der Waals surface area contributed by atoms with Gasteiger partial charge in [-0.05, 0) is 59.9 Å². The van der Waals surface area contributed by atoms with Crippen molar-refractivity contribution in [1.82, 2.24) is 5.32 Å². The highest BCUT2D eigenvalue weighted by atomic mass is 79.9. The molecule has 18 heavy (non-hydrogen) atoms. The van der Waals surface area contributed by atoms with E-state index in [4.69, 9.17) is 4.74 Å². The maximum Gasteiger partial charge on any atom is 0.133 e. The summed E-state index contributed by atoms with van der Waals surface area (Å²) in [6.07, 6.45) is 2.59. The van der Waals surface area contributed by atoms with Gasteiger partial charge in [0.2, 0.25) is 0 Å². The molecule has 1 aliphatic heterocycles. The van der Waals surface area contributed by atoms with E-state index in [1.807, 2.05) is 24.3 Å². The third-order valence-electron chi connectivity index (χ3n) is 3.44. The van der Waals surface area contributed by atoms with Crippen LogP contribution >= 0.6 is 15.9 Å². The van der Waals surface area contributed by atoms with Crippen LogP contribution in [0.3, 0.4) is 0 Å². The van der Waals surface area contributed by atoms with E-state index < -0.39 is 0 Å². The molecule has 1 aliphatic rings. The summed E-state index contributed by atoms with van der Waals surface area (Å²) >= 11 is 3.44. The minimum absolute atomic E-state index is 0.241. The van der Waals surface area contributed by atoms with Crippen LogP contribution in [0.5, 0.6) is 5.75 Å². The lowest BCUT2D eigenvalue weighted by Crippen LogP contribution is -2.34. The lowest BCUT2D eigenvalue weighted by molar-refractivity contribution is 0.0673. The van der Waals surface area contributed by atoms with Crippen LogP contribution in [0, 0.1) is 5.92 Å². The van der Waals surface area contributed by atoms with E-state index in [0.29, 0.717) is 18.9 Å². The van der Waals surface area contributed by atoms with Crippen molar-refractivity contribution in [3.8, 4) is 5.75 Å². The zero-order chi connectivity index (χ0) is 12.8. The van der Waals surface area contributed by atoms with E-state index in [1.54, 1.807) is 0 Å². The summed E-state index contributed by atoms with van der Waals surface area (Å²) in [5.41, 5.74) is 0. The Labute approximate surface area is 117 Å². The van der Waals surface area contributed by atoms with E-state index >= 15 is 0 Å². The van der Waals surface area contributed by atoms with Gasteiger partial charge >= 0.3 is 0 Å². The van der Waals surface area contributed by atoms with Crippen LogP contribution in [-0.4, -0.2) is 30.9 Å². The maximum absolute atomic E-state index is 10.1. The number of hydrogen-bond acceptors (Lipinski definition) is 3. The molecule has 0 spiro atoms. The number of aliphatic hydroxyl groups excluding tert-OH is 1. The molecule has 2 N–H and O–H groups in total. The van der Waals surface area contributed by atoms with Gasteiger partial charge in [0.25, 0.3) is 0 Å². The van der Waals surface area contributed by atoms with Crippen molar-refractivity contribution in [2.24, 2.45) is 5.92 Å². The Morgan fingerprint density at radius 3 is 2.78 bits per heavy atom. The van der Waals surface area contributed by atoms with Gasteiger partial charge in [0.05, 0.1) is 17.2 Å². The number of para-hydroxylation sites is 1. The Hall–Kier alpha value is -0.580. The normalized spacial score (nSPS) is 18.6. The Kier molecular flexibility index (Phi) is 5.47. The molecule has 0 aromatic heterocycles. The van der Waals surface area contributed by atoms with Crippen molar-refractivity contribution in [3.63, 3.8) is 0 Å². The molecular weight excluding hydrogens is 294 g/mol. The SMILES string of the molecule is OC(CCOc1ccccc1Br)C1CCNCC1. The second-order valence-electron chi connectivity index (χ2n) is 4.72. The molecule has 0 radical (unpaired) electrons. The molecule has 1 heterocycles. The van der Waals surface area contributed by atoms with Crippen molar-refractivity contribution >= 4 is 15.9 Å². The van der Waals surface area contributed by atoms with Crippen LogP contribution in [0.2, 0.25) is 0 Å². The summed E-state index contributed by atoms with van der Waals surface area (Å²) in [5, 5.41) is 13.4. The molecule has 1 saturated heterocycles. The molecule has 4 heteroatoms. The first-order valence-corrected chi connectivity index (χ1v) is 7.33. The summed E-state index contributed by atoms with van der Waals surface area (Å²) in [4.78, 5) is 0. The minimum Gasteiger partial charge on any atom is -0.492 e. The van der Waals surface area contributed by atoms with Crippen LogP contribution < -0.4 is 10.1 Å². The predicted octanol–water partition coefficient (Wildman–Crippen LogP) is 2.58. The van der Waals surface area contributed by atoms with Gasteiger partial charge in [-0.3, -0.25) is 0 Å². The summed E-state index contributed by atoms with van der Waals surface area (Å²) in [6.45, 7) is 2.60. The van der Waals surface area contributed by atoms with Crippen LogP contribution in [0.4, 0.5) is 0 Å². The maximum atomic E-state index is 10.1. The molecule has 2 rings (SSSR count). The van der Waals surface area contributed by atoms with Crippen molar-refractivity contribution in [3.05, 3.63) is 28.7 Å². The second kappa shape index (κ2) is 7.12. The highest BCUT2D eigenvalue weighted by Gasteiger charge is 2.21. The molecule has 1 unspecified atom stereocenters. The zero-order valence-electron chi connectivity index (χ0n) is 10.4. The van der Waals surface area contributed by atoms with Gasteiger partial charge in [-0.25, -0.2) is 0 Å². The molecule has 0 amide bonds. The summed E-state index contributed by atoms with van der Waals surface area (Å²) < 4.78 is 6.64. The third-order valence-corrected chi connectivity index (χ3v) is 4.09. The molecular formula is C14H20BrNO2. The number of benzene rings is 1. The first-order chi connectivity index (χ1) is 8.77. The number of ether oxygens (including phenoxy) is 1. The zero-order valence-corrected chi connectivity index (χ0v) is 12.0. The number of piperidine rings is 1. The first kappa shape index (κ1) is 13.8. The lowest BCUT2D eigenvalue weighted by atomic mass is 9.91. The largest absolute Gasteiger partial charge is 0.492 e. The highest BCUT2D eigenvalue weighted by molar-refractivity contribution is 9.10. The highest BCUT2D eigenvalue weighted by Crippen LogP contribution is 2.24. The number of aliphatic hydroxyl groups is 1. The fraction of sp³-hybridized carbons (Fsp3) is 0.571. The van der Waals surface area contributed by atoms with E-state index in [2.05, 4.69) is 21.2 Å². The van der Waals surface area contributed by atoms with Crippen molar-refractivity contribution < 1.29 is 9.84 Å². The third kappa shape index (κ3) is 3.97. The smallest absolute Gasteiger partial charge is 0.133 e. The fourth-order valence-corrected chi connectivity index (χ4v) is 2.72. The molecule has 1 aromatic rings. The van der Waals surface area contributed by atoms with E-state index in [1.165, 1.54) is 0 Å². The average Bonchev–Trinajstić information content (AvgIpc) is 2.42. The Morgan fingerprint density at radius 2 is 2.06 bits per heavy atom. The van der Waals surface area contributed by atoms with Gasteiger partial charge in [-0.15, -0.1) is 0 Å². The topological polar surface area (TPSA) is 41.5 Å². The van der Waals surface area contributed by atoms with Crippen LogP contribution in [0.1, 0.15) is 19.3 Å². The van der Waals surface area contributed by atoms with Crippen LogP contribution in [0.25, 0.3) is 0 Å². The van der Waals surface area contributed by atoms with Crippen molar-refractivity contribution in [1.29, 1.82) is 0 Å². The molecule has 3 nitrogen and oxygen atoms in total. The Bertz CT molecular complexity index is 367. The van der Waals surface area contributed by atoms with Gasteiger partial charge in [-0.2, -0.15) is 0 Å². The fourth-order valence-electron chi connectivity index (χ4n) is 2.32. The number of hydrogen-bond donors (Lipinski definition) is 2. The summed E-state index contributed by atoms with van der Waals surface area (Å²) in [7, 11) is 0. The predicted molar refractivity (Wildman–Crippen MR) is 75.9 cm³/mol. The Balaban J connectivity index is 1.73. The van der Waals surface area contributed by atoms with Gasteiger partial charge in [0, 0.05) is 6.42 Å². The van der Waals surface area contributed by atoms with Crippen LogP contribution in [-0.2, 0) is 0 Å². The van der Waals surface area contributed by atoms with Crippen molar-refractivity contribution in [2.45, 2.75) is 25.4 Å². The van der Waals surface area contributed by atoms with E-state index in [9.17, 15) is 5.11 Å². The molecule has 100 valence electrons. The number of rotatable bonds is 5. The average molecular weight is 314 g/mol. The summed E-state index contributed by atoms with van der Waals surface area (Å²) in [5.74, 6) is 1.27. The monoisotopic (exact) mass is 313 g/mol. The van der Waals surface area contributed by atoms with Gasteiger partial charge in [0.15, 0.2) is 0 Å². The van der Waals surface area contributed by atoms with Crippen LogP contribution in [0.15, 0.2) is 28.7 Å². The summed E-state index contributed by atoms with van der Waals surface area (Å²) in [6, 6.07) is 7.80. The van der Waals surface area contributed by atoms with E-state index in [-0.39, 0.29) is 6.10 Å². The van der Waals surface area contributed by atoms with Gasteiger partial charge in [-0.1, -0.05) is 12.1 Å². The number of halogens is 1. The lowest BCUT2D eigenvalue weighted by Gasteiger charge is -2.27. The number of nitrogens with one attached hydrogen (secondary N) is 1. The molecule has 1 fully saturated rings. The van der Waals surface area contributed by atoms with Crippen molar-refractivity contribution in [2.75, 3.05) is 19.7 Å². The molecule has 0 saturated carbocycles. The quantitative estimate of drug-likeness (QED) is 0.878. The first-order valence-electron chi connectivity index (χ1n) is 6.53. The molecule has 0 aliphatic carbocycles. The van der Waals surface area contributed by atoms with Gasteiger partial charge < -0.3 is 15.2 Å². The second-order valence-corrected chi connectivity index (χ2v) is 5.58. The standard InChI is InChI=1S/C14H20BrNO2/c15-12-3-1-2-4-14(12)18-10-7-13(17)11-5-8-16-9-6-11/h1-4,11,13,16-17H,5-10H2. The molecule has 1 atom stereocenters. The van der Waals surface area contributed by atoms with Gasteiger partial charge in [0.1, 0.15) is 5.75 Å².